The number of nitrogens with zero attached hydrogens (tertiary/aromatic N) is 4. The van der Waals surface area contributed by atoms with E-state index in [1.807, 2.05) is 6.33 Å². The molecule has 2 heterocycles. The van der Waals surface area contributed by atoms with Crippen LogP contribution in [0, 0.1) is 5.92 Å². The molecule has 1 aliphatic rings. The van der Waals surface area contributed by atoms with Crippen LogP contribution >= 0.6 is 0 Å². The summed E-state index contributed by atoms with van der Waals surface area (Å²) >= 11 is 0. The second kappa shape index (κ2) is 3.83. The van der Waals surface area contributed by atoms with Crippen molar-refractivity contribution in [2.75, 3.05) is 6.61 Å². The van der Waals surface area contributed by atoms with Crippen molar-refractivity contribution in [1.29, 1.82) is 0 Å². The summed E-state index contributed by atoms with van der Waals surface area (Å²) < 4.78 is 2.12. The first-order valence-electron chi connectivity index (χ1n) is 5.62. The van der Waals surface area contributed by atoms with Gasteiger partial charge in [0.15, 0.2) is 5.65 Å². The Morgan fingerprint density at radius 2 is 2.31 bits per heavy atom. The van der Waals surface area contributed by atoms with Gasteiger partial charge in [-0.2, -0.15) is 0 Å². The van der Waals surface area contributed by atoms with Crippen molar-refractivity contribution in [3.05, 3.63) is 18.9 Å². The standard InChI is InChI=1S/C11H14N4O/c16-5-8-1-2-9(3-8)15-7-14-10-4-12-6-13-11(10)15/h4,6-9,16H,1-3,5H2/t8?,9-/m0/s1. The summed E-state index contributed by atoms with van der Waals surface area (Å²) in [4.78, 5) is 12.5. The highest BCUT2D eigenvalue weighted by Crippen LogP contribution is 2.35. The molecule has 0 bridgehead atoms. The highest BCUT2D eigenvalue weighted by atomic mass is 16.3. The molecule has 1 saturated carbocycles. The molecule has 2 aromatic heterocycles. The fraction of sp³-hybridized carbons (Fsp3) is 0.545. The molecule has 3 rings (SSSR count). The third kappa shape index (κ3) is 1.48. The second-order valence-corrected chi connectivity index (χ2v) is 4.40. The molecule has 0 aliphatic heterocycles. The number of hydrogen-bond acceptors (Lipinski definition) is 4. The van der Waals surface area contributed by atoms with Crippen LogP contribution in [0.4, 0.5) is 0 Å². The van der Waals surface area contributed by atoms with Crippen molar-refractivity contribution in [3.63, 3.8) is 0 Å². The van der Waals surface area contributed by atoms with Gasteiger partial charge < -0.3 is 9.67 Å². The molecule has 1 aliphatic carbocycles. The number of imidazole rings is 1. The van der Waals surface area contributed by atoms with Crippen molar-refractivity contribution >= 4 is 11.2 Å². The lowest BCUT2D eigenvalue weighted by atomic mass is 10.1. The van der Waals surface area contributed by atoms with Crippen molar-refractivity contribution in [3.8, 4) is 0 Å². The quantitative estimate of drug-likeness (QED) is 0.821. The number of aromatic nitrogens is 4. The number of hydrogen-bond donors (Lipinski definition) is 1. The Hall–Kier alpha value is -1.49. The van der Waals surface area contributed by atoms with Gasteiger partial charge in [0.1, 0.15) is 11.8 Å². The summed E-state index contributed by atoms with van der Waals surface area (Å²) in [6.07, 6.45) is 8.33. The Kier molecular flexibility index (Phi) is 2.32. The minimum Gasteiger partial charge on any atom is -0.396 e. The average molecular weight is 218 g/mol. The van der Waals surface area contributed by atoms with E-state index in [4.69, 9.17) is 5.11 Å². The van der Waals surface area contributed by atoms with E-state index in [9.17, 15) is 0 Å². The second-order valence-electron chi connectivity index (χ2n) is 4.40. The number of aliphatic hydroxyl groups is 1. The van der Waals surface area contributed by atoms with Gasteiger partial charge in [-0.3, -0.25) is 0 Å². The molecule has 0 saturated heterocycles. The SMILES string of the molecule is OCC1CC[C@H](n2cnc3cncnc32)C1. The zero-order chi connectivity index (χ0) is 11.0. The molecule has 1 fully saturated rings. The van der Waals surface area contributed by atoms with Crippen molar-refractivity contribution in [2.45, 2.75) is 25.3 Å². The van der Waals surface area contributed by atoms with Gasteiger partial charge in [-0.05, 0) is 25.2 Å². The molecule has 5 nitrogen and oxygen atoms in total. The van der Waals surface area contributed by atoms with E-state index in [1.54, 1.807) is 12.5 Å². The number of aliphatic hydroxyl groups excluding tert-OH is 1. The molecule has 0 aromatic carbocycles. The highest BCUT2D eigenvalue weighted by molar-refractivity contribution is 5.69. The zero-order valence-corrected chi connectivity index (χ0v) is 8.95. The molecule has 84 valence electrons. The van der Waals surface area contributed by atoms with Crippen LogP contribution in [0.2, 0.25) is 0 Å². The molecular weight excluding hydrogens is 204 g/mol. The largest absolute Gasteiger partial charge is 0.396 e. The van der Waals surface area contributed by atoms with Gasteiger partial charge in [-0.25, -0.2) is 15.0 Å². The molecule has 2 aromatic rings. The molecule has 0 radical (unpaired) electrons. The van der Waals surface area contributed by atoms with Gasteiger partial charge in [0.2, 0.25) is 0 Å². The summed E-state index contributed by atoms with van der Waals surface area (Å²) in [7, 11) is 0. The lowest BCUT2D eigenvalue weighted by molar-refractivity contribution is 0.226. The van der Waals surface area contributed by atoms with Gasteiger partial charge >= 0.3 is 0 Å². The predicted molar refractivity (Wildman–Crippen MR) is 58.8 cm³/mol. The van der Waals surface area contributed by atoms with Gasteiger partial charge in [0.05, 0.1) is 12.5 Å². The Morgan fingerprint density at radius 3 is 3.12 bits per heavy atom. The molecule has 1 unspecified atom stereocenters. The van der Waals surface area contributed by atoms with Gasteiger partial charge in [-0.15, -0.1) is 0 Å². The van der Waals surface area contributed by atoms with Crippen molar-refractivity contribution in [2.24, 2.45) is 5.92 Å². The van der Waals surface area contributed by atoms with E-state index < -0.39 is 0 Å². The average Bonchev–Trinajstić information content (AvgIpc) is 2.94. The van der Waals surface area contributed by atoms with Crippen LogP contribution < -0.4 is 0 Å². The van der Waals surface area contributed by atoms with E-state index in [2.05, 4.69) is 19.5 Å². The lowest BCUT2D eigenvalue weighted by Gasteiger charge is -2.12. The summed E-state index contributed by atoms with van der Waals surface area (Å²) in [5, 5.41) is 9.14. The summed E-state index contributed by atoms with van der Waals surface area (Å²) in [5.74, 6) is 0.435. The monoisotopic (exact) mass is 218 g/mol. The maximum Gasteiger partial charge on any atom is 0.163 e. The molecule has 1 N–H and O–H groups in total. The van der Waals surface area contributed by atoms with Crippen LogP contribution in [0.25, 0.3) is 11.2 Å². The first-order chi connectivity index (χ1) is 7.88. The summed E-state index contributed by atoms with van der Waals surface area (Å²) in [6.45, 7) is 0.290. The topological polar surface area (TPSA) is 63.8 Å². The van der Waals surface area contributed by atoms with Crippen LogP contribution in [0.1, 0.15) is 25.3 Å². The van der Waals surface area contributed by atoms with Crippen LogP contribution in [0.15, 0.2) is 18.9 Å². The third-order valence-electron chi connectivity index (χ3n) is 3.40. The van der Waals surface area contributed by atoms with Gasteiger partial charge in [0, 0.05) is 12.6 Å². The Balaban J connectivity index is 1.95. The number of rotatable bonds is 2. The van der Waals surface area contributed by atoms with Crippen molar-refractivity contribution in [1.82, 2.24) is 19.5 Å². The van der Waals surface area contributed by atoms with E-state index in [-0.39, 0.29) is 6.61 Å². The van der Waals surface area contributed by atoms with Crippen molar-refractivity contribution < 1.29 is 5.11 Å². The van der Waals surface area contributed by atoms with Gasteiger partial charge in [0.25, 0.3) is 0 Å². The minimum atomic E-state index is 0.290. The summed E-state index contributed by atoms with van der Waals surface area (Å²) in [6, 6.07) is 0.428. The molecule has 2 atom stereocenters. The van der Waals surface area contributed by atoms with Crippen LogP contribution in [0.3, 0.4) is 0 Å². The Bertz CT molecular complexity index is 495. The van der Waals surface area contributed by atoms with Gasteiger partial charge in [-0.1, -0.05) is 0 Å². The van der Waals surface area contributed by atoms with E-state index in [1.165, 1.54) is 0 Å². The first kappa shape index (κ1) is 9.72. The summed E-state index contributed by atoms with van der Waals surface area (Å²) in [5.41, 5.74) is 1.74. The van der Waals surface area contributed by atoms with E-state index >= 15 is 0 Å². The van der Waals surface area contributed by atoms with E-state index in [0.29, 0.717) is 12.0 Å². The van der Waals surface area contributed by atoms with Crippen LogP contribution in [0.5, 0.6) is 0 Å². The van der Waals surface area contributed by atoms with Crippen LogP contribution in [-0.4, -0.2) is 31.2 Å². The predicted octanol–water partition coefficient (Wildman–Crippen LogP) is 1.16. The Labute approximate surface area is 93.2 Å². The molecule has 16 heavy (non-hydrogen) atoms. The fourth-order valence-electron chi connectivity index (χ4n) is 2.52. The lowest BCUT2D eigenvalue weighted by Crippen LogP contribution is -2.06. The smallest absolute Gasteiger partial charge is 0.163 e. The molecule has 0 amide bonds. The minimum absolute atomic E-state index is 0.290. The molecule has 0 spiro atoms. The highest BCUT2D eigenvalue weighted by Gasteiger charge is 2.26. The van der Waals surface area contributed by atoms with Crippen LogP contribution in [-0.2, 0) is 0 Å². The number of fused-ring (bicyclic) bond motifs is 1. The Morgan fingerprint density at radius 1 is 1.38 bits per heavy atom. The molecule has 5 heteroatoms. The maximum atomic E-state index is 9.14. The fourth-order valence-corrected chi connectivity index (χ4v) is 2.52. The molecular formula is C11H14N4O. The zero-order valence-electron chi connectivity index (χ0n) is 8.95. The van der Waals surface area contributed by atoms with E-state index in [0.717, 1.165) is 30.4 Å². The normalized spacial score (nSPS) is 25.3. The first-order valence-corrected chi connectivity index (χ1v) is 5.62. The third-order valence-corrected chi connectivity index (χ3v) is 3.40. The maximum absolute atomic E-state index is 9.14.